The Morgan fingerprint density at radius 1 is 1.33 bits per heavy atom. The van der Waals surface area contributed by atoms with Gasteiger partial charge in [0, 0.05) is 11.8 Å². The number of amides is 1. The number of nitrogen functional groups attached to an aromatic ring is 1. The maximum atomic E-state index is 13.6. The van der Waals surface area contributed by atoms with Crippen LogP contribution in [-0.2, 0) is 0 Å². The molecule has 0 aliphatic rings. The number of nitrogens with one attached hydrogen (secondary N) is 2. The van der Waals surface area contributed by atoms with E-state index in [0.29, 0.717) is 11.4 Å². The van der Waals surface area contributed by atoms with Gasteiger partial charge in [0.25, 0.3) is 5.91 Å². The molecule has 0 aliphatic heterocycles. The van der Waals surface area contributed by atoms with Crippen molar-refractivity contribution in [2.75, 3.05) is 17.9 Å². The van der Waals surface area contributed by atoms with E-state index in [9.17, 15) is 9.18 Å². The highest BCUT2D eigenvalue weighted by molar-refractivity contribution is 9.10. The molecule has 0 saturated heterocycles. The van der Waals surface area contributed by atoms with Crippen LogP contribution in [-0.4, -0.2) is 13.0 Å². The monoisotopic (exact) mass is 353 g/mol. The van der Waals surface area contributed by atoms with Crippen molar-refractivity contribution in [1.82, 2.24) is 0 Å². The number of nitrogens with two attached hydrogens (primary N) is 1. The van der Waals surface area contributed by atoms with Crippen molar-refractivity contribution >= 4 is 33.2 Å². The molecule has 0 spiro atoms. The second-order valence-corrected chi connectivity index (χ2v) is 4.96. The number of hydrogen-bond donors (Lipinski definition) is 3. The van der Waals surface area contributed by atoms with Gasteiger partial charge in [-0.05, 0) is 40.2 Å². The molecule has 0 atom stereocenters. The number of para-hydroxylation sites is 1. The molecule has 2 aromatic carbocycles. The number of methoxy groups -OCH3 is 1. The van der Waals surface area contributed by atoms with Gasteiger partial charge in [-0.15, -0.1) is 0 Å². The van der Waals surface area contributed by atoms with Crippen LogP contribution in [0.25, 0.3) is 0 Å². The molecule has 2 aromatic rings. The van der Waals surface area contributed by atoms with E-state index in [1.165, 1.54) is 25.3 Å². The standard InChI is InChI=1S/C14H13BrFN3O2/c1-21-12-7-8(5-6-10(12)15)18-14(20)9-3-2-4-11(16)13(9)19-17/h2-7,19H,17H2,1H3,(H,18,20). The first-order valence-corrected chi connectivity index (χ1v) is 6.76. The fourth-order valence-corrected chi connectivity index (χ4v) is 2.20. The fraction of sp³-hybridized carbons (Fsp3) is 0.0714. The summed E-state index contributed by atoms with van der Waals surface area (Å²) >= 11 is 3.32. The molecule has 0 unspecified atom stereocenters. The van der Waals surface area contributed by atoms with Crippen LogP contribution in [0.1, 0.15) is 10.4 Å². The third-order valence-electron chi connectivity index (χ3n) is 2.81. The zero-order valence-corrected chi connectivity index (χ0v) is 12.7. The Balaban J connectivity index is 2.28. The van der Waals surface area contributed by atoms with Gasteiger partial charge in [-0.3, -0.25) is 10.6 Å². The molecule has 0 fully saturated rings. The highest BCUT2D eigenvalue weighted by Crippen LogP contribution is 2.28. The molecular weight excluding hydrogens is 341 g/mol. The van der Waals surface area contributed by atoms with E-state index < -0.39 is 11.7 Å². The summed E-state index contributed by atoms with van der Waals surface area (Å²) in [5, 5.41) is 2.66. The van der Waals surface area contributed by atoms with Gasteiger partial charge >= 0.3 is 0 Å². The topological polar surface area (TPSA) is 76.4 Å². The number of carbonyl (C=O) groups is 1. The van der Waals surface area contributed by atoms with Gasteiger partial charge in [0.2, 0.25) is 0 Å². The molecule has 2 rings (SSSR count). The average Bonchev–Trinajstić information content (AvgIpc) is 2.48. The van der Waals surface area contributed by atoms with Crippen LogP contribution in [0.4, 0.5) is 15.8 Å². The third kappa shape index (κ3) is 3.32. The summed E-state index contributed by atoms with van der Waals surface area (Å²) in [5.74, 6) is 4.75. The Bertz CT molecular complexity index is 679. The van der Waals surface area contributed by atoms with E-state index >= 15 is 0 Å². The summed E-state index contributed by atoms with van der Waals surface area (Å²) in [5.41, 5.74) is 2.77. The second kappa shape index (κ2) is 6.55. The van der Waals surface area contributed by atoms with E-state index in [1.54, 1.807) is 18.2 Å². The number of ether oxygens (including phenoxy) is 1. The summed E-state index contributed by atoms with van der Waals surface area (Å²) in [6.45, 7) is 0. The molecule has 0 aliphatic carbocycles. The molecule has 0 saturated carbocycles. The summed E-state index contributed by atoms with van der Waals surface area (Å²) in [4.78, 5) is 12.2. The number of carbonyl (C=O) groups excluding carboxylic acids is 1. The molecule has 5 nitrogen and oxygen atoms in total. The molecule has 1 amide bonds. The number of hydrazine groups is 1. The van der Waals surface area contributed by atoms with Gasteiger partial charge in [-0.25, -0.2) is 4.39 Å². The first-order chi connectivity index (χ1) is 10.1. The van der Waals surface area contributed by atoms with Crippen molar-refractivity contribution < 1.29 is 13.9 Å². The van der Waals surface area contributed by atoms with Crippen molar-refractivity contribution in [3.8, 4) is 5.75 Å². The maximum absolute atomic E-state index is 13.6. The van der Waals surface area contributed by atoms with Crippen LogP contribution in [0.5, 0.6) is 5.75 Å². The van der Waals surface area contributed by atoms with Crippen LogP contribution < -0.4 is 21.3 Å². The highest BCUT2D eigenvalue weighted by atomic mass is 79.9. The van der Waals surface area contributed by atoms with E-state index in [2.05, 4.69) is 26.7 Å². The minimum Gasteiger partial charge on any atom is -0.495 e. The van der Waals surface area contributed by atoms with E-state index in [1.807, 2.05) is 0 Å². The highest BCUT2D eigenvalue weighted by Gasteiger charge is 2.15. The summed E-state index contributed by atoms with van der Waals surface area (Å²) in [6, 6.07) is 9.21. The first-order valence-electron chi connectivity index (χ1n) is 5.97. The SMILES string of the molecule is COc1cc(NC(=O)c2cccc(F)c2NN)ccc1Br. The zero-order valence-electron chi connectivity index (χ0n) is 11.1. The van der Waals surface area contributed by atoms with Crippen LogP contribution in [0.3, 0.4) is 0 Å². The lowest BCUT2D eigenvalue weighted by molar-refractivity contribution is 0.102. The molecule has 21 heavy (non-hydrogen) atoms. The zero-order chi connectivity index (χ0) is 15.4. The van der Waals surface area contributed by atoms with Crippen LogP contribution in [0.15, 0.2) is 40.9 Å². The fourth-order valence-electron chi connectivity index (χ4n) is 1.80. The number of benzene rings is 2. The Labute approximate surface area is 129 Å². The Kier molecular flexibility index (Phi) is 4.77. The number of anilines is 2. The van der Waals surface area contributed by atoms with Gasteiger partial charge < -0.3 is 15.5 Å². The second-order valence-electron chi connectivity index (χ2n) is 4.11. The van der Waals surface area contributed by atoms with E-state index in [0.717, 1.165) is 4.47 Å². The molecule has 7 heteroatoms. The maximum Gasteiger partial charge on any atom is 0.257 e. The molecule has 0 bridgehead atoms. The van der Waals surface area contributed by atoms with E-state index in [4.69, 9.17) is 10.6 Å². The predicted octanol–water partition coefficient (Wildman–Crippen LogP) is 3.13. The molecule has 0 heterocycles. The summed E-state index contributed by atoms with van der Waals surface area (Å²) < 4.78 is 19.5. The number of hydrogen-bond acceptors (Lipinski definition) is 4. The Morgan fingerprint density at radius 3 is 2.76 bits per heavy atom. The molecule has 110 valence electrons. The van der Waals surface area contributed by atoms with Gasteiger partial charge in [-0.2, -0.15) is 0 Å². The molecular formula is C14H13BrFN3O2. The van der Waals surface area contributed by atoms with Crippen molar-refractivity contribution in [2.24, 2.45) is 5.84 Å². The first kappa shape index (κ1) is 15.3. The lowest BCUT2D eigenvalue weighted by Gasteiger charge is -2.11. The minimum absolute atomic E-state index is 0.0564. The minimum atomic E-state index is -0.599. The third-order valence-corrected chi connectivity index (χ3v) is 3.47. The van der Waals surface area contributed by atoms with Crippen molar-refractivity contribution in [3.63, 3.8) is 0 Å². The van der Waals surface area contributed by atoms with Gasteiger partial charge in [0.05, 0.1) is 22.8 Å². The lowest BCUT2D eigenvalue weighted by Crippen LogP contribution is -2.18. The Morgan fingerprint density at radius 2 is 2.10 bits per heavy atom. The molecule has 0 radical (unpaired) electrons. The van der Waals surface area contributed by atoms with E-state index in [-0.39, 0.29) is 11.3 Å². The lowest BCUT2D eigenvalue weighted by atomic mass is 10.1. The molecule has 4 N–H and O–H groups in total. The van der Waals surface area contributed by atoms with Crippen molar-refractivity contribution in [1.29, 1.82) is 0 Å². The van der Waals surface area contributed by atoms with Gasteiger partial charge in [0.15, 0.2) is 0 Å². The predicted molar refractivity (Wildman–Crippen MR) is 82.9 cm³/mol. The largest absolute Gasteiger partial charge is 0.495 e. The smallest absolute Gasteiger partial charge is 0.257 e. The summed E-state index contributed by atoms with van der Waals surface area (Å²) in [7, 11) is 1.52. The summed E-state index contributed by atoms with van der Waals surface area (Å²) in [6.07, 6.45) is 0. The van der Waals surface area contributed by atoms with Crippen molar-refractivity contribution in [2.45, 2.75) is 0 Å². The van der Waals surface area contributed by atoms with Gasteiger partial charge in [-0.1, -0.05) is 6.07 Å². The van der Waals surface area contributed by atoms with Crippen LogP contribution in [0.2, 0.25) is 0 Å². The normalized spacial score (nSPS) is 10.1. The van der Waals surface area contributed by atoms with Crippen molar-refractivity contribution in [3.05, 3.63) is 52.3 Å². The quantitative estimate of drug-likeness (QED) is 0.582. The number of halogens is 2. The van der Waals surface area contributed by atoms with Gasteiger partial charge in [0.1, 0.15) is 11.6 Å². The number of rotatable bonds is 4. The van der Waals surface area contributed by atoms with Crippen LogP contribution in [0, 0.1) is 5.82 Å². The molecule has 0 aromatic heterocycles. The van der Waals surface area contributed by atoms with Crippen LogP contribution >= 0.6 is 15.9 Å². The Hall–Kier alpha value is -2.12. The average molecular weight is 354 g/mol.